The number of hydrogen-bond donors (Lipinski definition) is 1. The number of aromatic nitrogens is 3. The van der Waals surface area contributed by atoms with Gasteiger partial charge >= 0.3 is 6.18 Å². The maximum Gasteiger partial charge on any atom is 0.433 e. The van der Waals surface area contributed by atoms with Crippen molar-refractivity contribution < 1.29 is 21.6 Å². The molecule has 2 aromatic rings. The number of halogens is 3. The van der Waals surface area contributed by atoms with Gasteiger partial charge in [-0.3, -0.25) is 4.98 Å². The zero-order valence-corrected chi connectivity index (χ0v) is 16.2. The van der Waals surface area contributed by atoms with Crippen LogP contribution < -0.4 is 5.32 Å². The van der Waals surface area contributed by atoms with Crippen LogP contribution in [0.15, 0.2) is 30.6 Å². The van der Waals surface area contributed by atoms with Gasteiger partial charge in [-0.05, 0) is 37.8 Å². The molecule has 1 aliphatic carbocycles. The quantitative estimate of drug-likeness (QED) is 0.790. The Hall–Kier alpha value is -2.27. The molecule has 2 aromatic heterocycles. The molecule has 11 heteroatoms. The van der Waals surface area contributed by atoms with E-state index in [1.807, 2.05) is 0 Å². The number of anilines is 1. The maximum absolute atomic E-state index is 13.3. The topological polar surface area (TPSA) is 88.1 Å². The normalized spacial score (nSPS) is 19.3. The maximum atomic E-state index is 13.3. The first-order chi connectivity index (χ1) is 13.7. The molecular weight excluding hydrogens is 407 g/mol. The van der Waals surface area contributed by atoms with Crippen LogP contribution in [0.3, 0.4) is 0 Å². The standard InChI is InChI=1S/C18H20F3N5O2S/c19-18(20,21)15-10-16(25-17(24-15)12-2-1-7-22-11-12)23-13-5-8-26(9-6-13)29(27,28)14-3-4-14/h1-2,7,10-11,13-14H,3-6,8-9H2,(H,23,24,25). The smallest absolute Gasteiger partial charge is 0.367 e. The van der Waals surface area contributed by atoms with Crippen molar-refractivity contribution in [1.82, 2.24) is 19.3 Å². The fourth-order valence-electron chi connectivity index (χ4n) is 3.33. The van der Waals surface area contributed by atoms with Crippen molar-refractivity contribution in [2.75, 3.05) is 18.4 Å². The molecule has 0 amide bonds. The van der Waals surface area contributed by atoms with Crippen LogP contribution in [0.2, 0.25) is 0 Å². The van der Waals surface area contributed by atoms with Crippen molar-refractivity contribution in [2.24, 2.45) is 0 Å². The molecule has 0 aromatic carbocycles. The van der Waals surface area contributed by atoms with Gasteiger partial charge in [0.15, 0.2) is 11.5 Å². The van der Waals surface area contributed by atoms with Gasteiger partial charge in [0.1, 0.15) is 5.82 Å². The summed E-state index contributed by atoms with van der Waals surface area (Å²) < 4.78 is 66.0. The Kier molecular flexibility index (Phi) is 5.19. The molecule has 1 saturated carbocycles. The third-order valence-corrected chi connectivity index (χ3v) is 7.45. The number of alkyl halides is 3. The minimum Gasteiger partial charge on any atom is -0.367 e. The molecular formula is C18H20F3N5O2S. The summed E-state index contributed by atoms with van der Waals surface area (Å²) in [7, 11) is -3.23. The van der Waals surface area contributed by atoms with E-state index in [1.54, 1.807) is 12.1 Å². The van der Waals surface area contributed by atoms with Crippen LogP contribution in [0, 0.1) is 0 Å². The van der Waals surface area contributed by atoms with Crippen molar-refractivity contribution >= 4 is 15.8 Å². The van der Waals surface area contributed by atoms with E-state index < -0.39 is 21.9 Å². The molecule has 0 unspecified atom stereocenters. The van der Waals surface area contributed by atoms with Crippen molar-refractivity contribution in [2.45, 2.75) is 43.2 Å². The van der Waals surface area contributed by atoms with E-state index in [0.717, 1.165) is 6.07 Å². The fraction of sp³-hybridized carbons (Fsp3) is 0.500. The lowest BCUT2D eigenvalue weighted by Crippen LogP contribution is -2.43. The van der Waals surface area contributed by atoms with Crippen LogP contribution in [-0.4, -0.2) is 52.1 Å². The lowest BCUT2D eigenvalue weighted by molar-refractivity contribution is -0.141. The third-order valence-electron chi connectivity index (χ3n) is 5.05. The molecule has 2 fully saturated rings. The van der Waals surface area contributed by atoms with Crippen LogP contribution in [0.5, 0.6) is 0 Å². The summed E-state index contributed by atoms with van der Waals surface area (Å²) in [4.78, 5) is 11.8. The summed E-state index contributed by atoms with van der Waals surface area (Å²) in [5, 5.41) is 2.77. The second kappa shape index (κ2) is 7.52. The second-order valence-electron chi connectivity index (χ2n) is 7.26. The molecule has 29 heavy (non-hydrogen) atoms. The van der Waals surface area contributed by atoms with E-state index in [-0.39, 0.29) is 22.9 Å². The zero-order valence-electron chi connectivity index (χ0n) is 15.4. The highest BCUT2D eigenvalue weighted by atomic mass is 32.2. The molecule has 0 spiro atoms. The first kappa shape index (κ1) is 20.0. The molecule has 0 radical (unpaired) electrons. The van der Waals surface area contributed by atoms with Crippen molar-refractivity contribution in [3.05, 3.63) is 36.3 Å². The van der Waals surface area contributed by atoms with Gasteiger partial charge in [0.05, 0.1) is 5.25 Å². The Morgan fingerprint density at radius 2 is 1.83 bits per heavy atom. The molecule has 7 nitrogen and oxygen atoms in total. The lowest BCUT2D eigenvalue weighted by Gasteiger charge is -2.32. The first-order valence-corrected chi connectivity index (χ1v) is 10.9. The van der Waals surface area contributed by atoms with Crippen molar-refractivity contribution in [3.8, 4) is 11.4 Å². The van der Waals surface area contributed by atoms with Gasteiger partial charge in [0.2, 0.25) is 10.0 Å². The van der Waals surface area contributed by atoms with Gasteiger partial charge in [0.25, 0.3) is 0 Å². The summed E-state index contributed by atoms with van der Waals surface area (Å²) in [6.07, 6.45) is 0.717. The van der Waals surface area contributed by atoms with Crippen LogP contribution in [0.4, 0.5) is 19.0 Å². The number of pyridine rings is 1. The molecule has 1 N–H and O–H groups in total. The van der Waals surface area contributed by atoms with E-state index in [9.17, 15) is 21.6 Å². The van der Waals surface area contributed by atoms with Crippen LogP contribution in [-0.2, 0) is 16.2 Å². The molecule has 156 valence electrons. The van der Waals surface area contributed by atoms with E-state index in [1.165, 1.54) is 16.7 Å². The summed E-state index contributed by atoms with van der Waals surface area (Å²) >= 11 is 0. The summed E-state index contributed by atoms with van der Waals surface area (Å²) in [6.45, 7) is 0.701. The van der Waals surface area contributed by atoms with Gasteiger partial charge in [-0.1, -0.05) is 0 Å². The Morgan fingerprint density at radius 1 is 1.10 bits per heavy atom. The Bertz CT molecular complexity index is 973. The molecule has 4 rings (SSSR count). The summed E-state index contributed by atoms with van der Waals surface area (Å²) in [6, 6.07) is 3.90. The van der Waals surface area contributed by atoms with E-state index in [0.29, 0.717) is 44.3 Å². The molecule has 3 heterocycles. The van der Waals surface area contributed by atoms with Crippen LogP contribution >= 0.6 is 0 Å². The number of nitrogens with one attached hydrogen (secondary N) is 1. The predicted molar refractivity (Wildman–Crippen MR) is 100 cm³/mol. The second-order valence-corrected chi connectivity index (χ2v) is 9.48. The molecule has 0 bridgehead atoms. The Balaban J connectivity index is 1.51. The Labute approximate surface area is 166 Å². The highest BCUT2D eigenvalue weighted by Crippen LogP contribution is 2.33. The third kappa shape index (κ3) is 4.50. The van der Waals surface area contributed by atoms with Crippen LogP contribution in [0.1, 0.15) is 31.4 Å². The van der Waals surface area contributed by atoms with E-state index in [2.05, 4.69) is 20.3 Å². The van der Waals surface area contributed by atoms with Crippen LogP contribution in [0.25, 0.3) is 11.4 Å². The number of hydrogen-bond acceptors (Lipinski definition) is 6. The summed E-state index contributed by atoms with van der Waals surface area (Å²) in [5.41, 5.74) is -0.658. The summed E-state index contributed by atoms with van der Waals surface area (Å²) in [5.74, 6) is -0.00106. The number of piperidine rings is 1. The number of rotatable bonds is 5. The van der Waals surface area contributed by atoms with Gasteiger partial charge < -0.3 is 5.32 Å². The average Bonchev–Trinajstić information content (AvgIpc) is 3.54. The molecule has 1 saturated heterocycles. The average molecular weight is 427 g/mol. The minimum atomic E-state index is -4.61. The fourth-order valence-corrected chi connectivity index (χ4v) is 5.20. The van der Waals surface area contributed by atoms with E-state index in [4.69, 9.17) is 0 Å². The van der Waals surface area contributed by atoms with Gasteiger partial charge in [-0.25, -0.2) is 22.7 Å². The highest BCUT2D eigenvalue weighted by Gasteiger charge is 2.41. The lowest BCUT2D eigenvalue weighted by atomic mass is 10.1. The molecule has 0 atom stereocenters. The van der Waals surface area contributed by atoms with Gasteiger partial charge in [-0.15, -0.1) is 0 Å². The first-order valence-electron chi connectivity index (χ1n) is 9.35. The molecule has 1 aliphatic heterocycles. The van der Waals surface area contributed by atoms with Crippen molar-refractivity contribution in [1.29, 1.82) is 0 Å². The van der Waals surface area contributed by atoms with Gasteiger partial charge in [-0.2, -0.15) is 13.2 Å². The minimum absolute atomic E-state index is 0.0645. The van der Waals surface area contributed by atoms with E-state index >= 15 is 0 Å². The van der Waals surface area contributed by atoms with Gasteiger partial charge in [0, 0.05) is 43.2 Å². The number of nitrogens with zero attached hydrogens (tertiary/aromatic N) is 4. The number of sulfonamides is 1. The molecule has 2 aliphatic rings. The van der Waals surface area contributed by atoms with Crippen molar-refractivity contribution in [3.63, 3.8) is 0 Å². The zero-order chi connectivity index (χ0) is 20.6. The predicted octanol–water partition coefficient (Wildman–Crippen LogP) is 2.93. The Morgan fingerprint density at radius 3 is 2.41 bits per heavy atom. The largest absolute Gasteiger partial charge is 0.433 e. The SMILES string of the molecule is O=S(=O)(C1CC1)N1CCC(Nc2cc(C(F)(F)F)nc(-c3cccnc3)n2)CC1. The monoisotopic (exact) mass is 427 g/mol. The highest BCUT2D eigenvalue weighted by molar-refractivity contribution is 7.90.